The maximum absolute atomic E-state index is 7.88. The summed E-state index contributed by atoms with van der Waals surface area (Å²) in [6.45, 7) is 17.0. The fourth-order valence-corrected chi connectivity index (χ4v) is 4.37. The van der Waals surface area contributed by atoms with Gasteiger partial charge in [0, 0.05) is 62.1 Å². The molecule has 31 heavy (non-hydrogen) atoms. The summed E-state index contributed by atoms with van der Waals surface area (Å²) in [5.74, 6) is 0. The standard InChI is InChI=1S/C24H34N6O/c1-18(2)5-6-30-15-21(14-26-30)27-22-12-23(19(3)11-20(22)13-25)28-7-9-29(10-8-28)24(4)16-31-17-24/h11-15,25,27H,1,5-10,16-17H2,2-4H3. The van der Waals surface area contributed by atoms with Crippen LogP contribution < -0.4 is 10.2 Å². The molecule has 2 aromatic rings. The van der Waals surface area contributed by atoms with Gasteiger partial charge >= 0.3 is 0 Å². The number of benzene rings is 1. The number of nitrogens with one attached hydrogen (secondary N) is 2. The molecular formula is C24H34N6O. The Hall–Kier alpha value is -2.64. The Labute approximate surface area is 185 Å². The predicted octanol–water partition coefficient (Wildman–Crippen LogP) is 3.81. The van der Waals surface area contributed by atoms with Gasteiger partial charge in [0.2, 0.25) is 0 Å². The Morgan fingerprint density at radius 1 is 1.29 bits per heavy atom. The zero-order chi connectivity index (χ0) is 22.0. The molecule has 0 saturated carbocycles. The Morgan fingerprint density at radius 2 is 2.03 bits per heavy atom. The summed E-state index contributed by atoms with van der Waals surface area (Å²) in [7, 11) is 0. The highest BCUT2D eigenvalue weighted by molar-refractivity contribution is 5.89. The first-order valence-corrected chi connectivity index (χ1v) is 11.0. The van der Waals surface area contributed by atoms with E-state index in [0.29, 0.717) is 0 Å². The lowest BCUT2D eigenvalue weighted by Crippen LogP contribution is -2.64. The molecule has 1 aromatic heterocycles. The molecule has 2 aliphatic rings. The van der Waals surface area contributed by atoms with Gasteiger partial charge in [0.1, 0.15) is 0 Å². The van der Waals surface area contributed by atoms with Gasteiger partial charge in [-0.05, 0) is 44.9 Å². The van der Waals surface area contributed by atoms with E-state index in [1.165, 1.54) is 17.5 Å². The van der Waals surface area contributed by atoms with Crippen LogP contribution in [0.4, 0.5) is 17.1 Å². The highest BCUT2D eigenvalue weighted by Gasteiger charge is 2.40. The van der Waals surface area contributed by atoms with Crippen LogP contribution in [-0.4, -0.2) is 65.8 Å². The molecule has 0 unspecified atom stereocenters. The minimum atomic E-state index is 0.210. The van der Waals surface area contributed by atoms with Crippen LogP contribution >= 0.6 is 0 Å². The molecule has 0 radical (unpaired) electrons. The Kier molecular flexibility index (Phi) is 6.16. The monoisotopic (exact) mass is 422 g/mol. The van der Waals surface area contributed by atoms with Gasteiger partial charge in [0.25, 0.3) is 0 Å². The van der Waals surface area contributed by atoms with Gasteiger partial charge in [-0.25, -0.2) is 0 Å². The van der Waals surface area contributed by atoms with E-state index in [9.17, 15) is 0 Å². The van der Waals surface area contributed by atoms with Crippen molar-refractivity contribution in [1.29, 1.82) is 5.41 Å². The molecule has 0 aliphatic carbocycles. The third-order valence-electron chi connectivity index (χ3n) is 6.41. The number of ether oxygens (including phenoxy) is 1. The Bertz CT molecular complexity index is 953. The molecule has 2 saturated heterocycles. The molecule has 0 amide bonds. The second kappa shape index (κ2) is 8.85. The van der Waals surface area contributed by atoms with Crippen molar-refractivity contribution in [3.8, 4) is 0 Å². The van der Waals surface area contributed by atoms with Crippen LogP contribution in [0.15, 0.2) is 36.7 Å². The summed E-state index contributed by atoms with van der Waals surface area (Å²) < 4.78 is 7.38. The van der Waals surface area contributed by atoms with Crippen LogP contribution in [0.3, 0.4) is 0 Å². The van der Waals surface area contributed by atoms with Crippen molar-refractivity contribution in [3.63, 3.8) is 0 Å². The second-order valence-corrected chi connectivity index (χ2v) is 9.16. The van der Waals surface area contributed by atoms with Crippen molar-refractivity contribution in [2.45, 2.75) is 39.3 Å². The Morgan fingerprint density at radius 3 is 2.65 bits per heavy atom. The summed E-state index contributed by atoms with van der Waals surface area (Å²) in [6, 6.07) is 4.29. The average molecular weight is 423 g/mol. The molecule has 7 nitrogen and oxygen atoms in total. The smallest absolute Gasteiger partial charge is 0.0770 e. The second-order valence-electron chi connectivity index (χ2n) is 9.16. The molecule has 2 aliphatic heterocycles. The molecule has 0 bridgehead atoms. The van der Waals surface area contributed by atoms with Gasteiger partial charge in [-0.15, -0.1) is 6.58 Å². The molecule has 4 rings (SSSR count). The number of aryl methyl sites for hydroxylation is 2. The van der Waals surface area contributed by atoms with Gasteiger partial charge in [-0.3, -0.25) is 9.58 Å². The van der Waals surface area contributed by atoms with Gasteiger partial charge in [0.05, 0.1) is 30.6 Å². The van der Waals surface area contributed by atoms with Crippen LogP contribution in [0.25, 0.3) is 0 Å². The van der Waals surface area contributed by atoms with Crippen molar-refractivity contribution >= 4 is 23.3 Å². The molecule has 2 fully saturated rings. The first kappa shape index (κ1) is 21.6. The quantitative estimate of drug-likeness (QED) is 0.500. The predicted molar refractivity (Wildman–Crippen MR) is 127 cm³/mol. The number of nitrogens with zero attached hydrogens (tertiary/aromatic N) is 4. The molecule has 1 aromatic carbocycles. The van der Waals surface area contributed by atoms with Crippen LogP contribution in [0.1, 0.15) is 31.4 Å². The van der Waals surface area contributed by atoms with Crippen molar-refractivity contribution in [3.05, 3.63) is 47.8 Å². The first-order chi connectivity index (χ1) is 14.9. The lowest BCUT2D eigenvalue weighted by molar-refractivity contribution is -0.131. The van der Waals surface area contributed by atoms with Crippen molar-refractivity contribution in [2.24, 2.45) is 0 Å². The maximum atomic E-state index is 7.88. The van der Waals surface area contributed by atoms with E-state index in [4.69, 9.17) is 10.1 Å². The van der Waals surface area contributed by atoms with Crippen LogP contribution in [-0.2, 0) is 11.3 Å². The van der Waals surface area contributed by atoms with Gasteiger partial charge < -0.3 is 20.4 Å². The molecule has 0 spiro atoms. The summed E-state index contributed by atoms with van der Waals surface area (Å²) in [6.07, 6.45) is 6.18. The largest absolute Gasteiger partial charge is 0.377 e. The zero-order valence-electron chi connectivity index (χ0n) is 18.9. The van der Waals surface area contributed by atoms with Crippen LogP contribution in [0.2, 0.25) is 0 Å². The van der Waals surface area contributed by atoms with E-state index in [1.807, 2.05) is 24.0 Å². The van der Waals surface area contributed by atoms with E-state index in [2.05, 4.69) is 52.8 Å². The van der Waals surface area contributed by atoms with Crippen molar-refractivity contribution in [1.82, 2.24) is 14.7 Å². The van der Waals surface area contributed by atoms with Crippen LogP contribution in [0, 0.1) is 12.3 Å². The highest BCUT2D eigenvalue weighted by Crippen LogP contribution is 2.32. The number of hydrogen-bond acceptors (Lipinski definition) is 6. The van der Waals surface area contributed by atoms with E-state index >= 15 is 0 Å². The number of hydrogen-bond donors (Lipinski definition) is 2. The third-order valence-corrected chi connectivity index (χ3v) is 6.41. The van der Waals surface area contributed by atoms with Crippen molar-refractivity contribution < 1.29 is 4.74 Å². The first-order valence-electron chi connectivity index (χ1n) is 11.0. The van der Waals surface area contributed by atoms with E-state index in [1.54, 1.807) is 0 Å². The topological polar surface area (TPSA) is 69.4 Å². The minimum Gasteiger partial charge on any atom is -0.377 e. The van der Waals surface area contributed by atoms with Gasteiger partial charge in [-0.1, -0.05) is 5.57 Å². The van der Waals surface area contributed by atoms with Crippen molar-refractivity contribution in [2.75, 3.05) is 49.6 Å². The normalized spacial score (nSPS) is 18.5. The summed E-state index contributed by atoms with van der Waals surface area (Å²) >= 11 is 0. The number of allylic oxidation sites excluding steroid dienone is 1. The fraction of sp³-hybridized carbons (Fsp3) is 0.500. The molecule has 7 heteroatoms. The number of aromatic nitrogens is 2. The highest BCUT2D eigenvalue weighted by atomic mass is 16.5. The fourth-order valence-electron chi connectivity index (χ4n) is 4.37. The lowest BCUT2D eigenvalue weighted by Gasteiger charge is -2.50. The number of rotatable bonds is 8. The minimum absolute atomic E-state index is 0.210. The van der Waals surface area contributed by atoms with E-state index in [0.717, 1.165) is 74.9 Å². The molecule has 0 atom stereocenters. The van der Waals surface area contributed by atoms with Gasteiger partial charge in [-0.2, -0.15) is 5.10 Å². The SMILES string of the molecule is C=C(C)CCn1cc(Nc2cc(N3CCN(C4(C)COC4)CC3)c(C)cc2C=N)cn1. The molecule has 3 heterocycles. The zero-order valence-corrected chi connectivity index (χ0v) is 18.9. The maximum Gasteiger partial charge on any atom is 0.0770 e. The van der Waals surface area contributed by atoms with Gasteiger partial charge in [0.15, 0.2) is 0 Å². The number of anilines is 3. The third kappa shape index (κ3) is 4.67. The summed E-state index contributed by atoms with van der Waals surface area (Å²) in [5, 5.41) is 15.8. The molecule has 166 valence electrons. The summed E-state index contributed by atoms with van der Waals surface area (Å²) in [4.78, 5) is 5.02. The van der Waals surface area contributed by atoms with Crippen LogP contribution in [0.5, 0.6) is 0 Å². The average Bonchev–Trinajstić information content (AvgIpc) is 3.19. The molecule has 2 N–H and O–H groups in total. The molecular weight excluding hydrogens is 388 g/mol. The number of piperazine rings is 1. The van der Waals surface area contributed by atoms with E-state index in [-0.39, 0.29) is 5.54 Å². The Balaban J connectivity index is 1.48. The van der Waals surface area contributed by atoms with E-state index < -0.39 is 0 Å². The summed E-state index contributed by atoms with van der Waals surface area (Å²) in [5.41, 5.74) is 6.55. The lowest BCUT2D eigenvalue weighted by atomic mass is 9.96.